The lowest BCUT2D eigenvalue weighted by molar-refractivity contribution is 0.251. The topological polar surface area (TPSA) is 87.9 Å². The van der Waals surface area contributed by atoms with Crippen molar-refractivity contribution in [3.05, 3.63) is 47.0 Å². The molecular weight excluding hydrogens is 516 g/mol. The third-order valence-electron chi connectivity index (χ3n) is 6.67. The van der Waals surface area contributed by atoms with E-state index in [4.69, 9.17) is 22.1 Å². The molecule has 2 heterocycles. The Bertz CT molecular complexity index is 1290. The van der Waals surface area contributed by atoms with Crippen LogP contribution in [0.3, 0.4) is 0 Å². The molecule has 0 bridgehead atoms. The zero-order valence-electron chi connectivity index (χ0n) is 20.9. The van der Waals surface area contributed by atoms with Gasteiger partial charge in [-0.25, -0.2) is 8.42 Å². The molecule has 0 unspecified atom stereocenters. The lowest BCUT2D eigenvalue weighted by atomic mass is 10.1. The second-order valence-electron chi connectivity index (χ2n) is 9.18. The number of sulfonamides is 1. The van der Waals surface area contributed by atoms with Gasteiger partial charge in [-0.3, -0.25) is 9.62 Å². The van der Waals surface area contributed by atoms with Gasteiger partial charge in [0.25, 0.3) is 10.0 Å². The van der Waals surface area contributed by atoms with E-state index < -0.39 is 10.0 Å². The number of hydrogen-bond donors (Lipinski definition) is 2. The van der Waals surface area contributed by atoms with E-state index in [1.165, 1.54) is 30.6 Å². The van der Waals surface area contributed by atoms with Crippen LogP contribution in [0.2, 0.25) is 5.02 Å². The van der Waals surface area contributed by atoms with E-state index in [9.17, 15) is 8.42 Å². The lowest BCUT2D eigenvalue weighted by Crippen LogP contribution is -2.46. The molecule has 10 heteroatoms. The predicted octanol–water partition coefficient (Wildman–Crippen LogP) is 5.31. The Morgan fingerprint density at radius 1 is 1.06 bits per heavy atom. The summed E-state index contributed by atoms with van der Waals surface area (Å²) in [6.07, 6.45) is 4.72. The molecule has 0 amide bonds. The van der Waals surface area contributed by atoms with E-state index in [0.29, 0.717) is 20.5 Å². The van der Waals surface area contributed by atoms with Crippen molar-refractivity contribution in [1.82, 2.24) is 4.90 Å². The van der Waals surface area contributed by atoms with Crippen LogP contribution in [-0.4, -0.2) is 59.7 Å². The van der Waals surface area contributed by atoms with E-state index >= 15 is 0 Å². The van der Waals surface area contributed by atoms with Crippen LogP contribution in [0.15, 0.2) is 40.6 Å². The molecule has 0 aliphatic carbocycles. The first-order valence-corrected chi connectivity index (χ1v) is 15.1. The van der Waals surface area contributed by atoms with Gasteiger partial charge in [0.1, 0.15) is 9.96 Å². The fraction of sp³-hybridized carbons (Fsp3) is 0.462. The smallest absolute Gasteiger partial charge is 0.271 e. The quantitative estimate of drug-likeness (QED) is 0.314. The Labute approximate surface area is 223 Å². The van der Waals surface area contributed by atoms with Crippen LogP contribution >= 0.6 is 22.9 Å². The second kappa shape index (κ2) is 12.0. The highest BCUT2D eigenvalue weighted by molar-refractivity contribution is 7.94. The number of piperazine rings is 1. The third-order valence-corrected chi connectivity index (χ3v) is 10.2. The Kier molecular flexibility index (Phi) is 9.00. The van der Waals surface area contributed by atoms with Gasteiger partial charge in [0, 0.05) is 35.9 Å². The van der Waals surface area contributed by atoms with E-state index in [2.05, 4.69) is 14.5 Å². The third kappa shape index (κ3) is 6.26. The van der Waals surface area contributed by atoms with Crippen LogP contribution in [0.4, 0.5) is 11.4 Å². The second-order valence-corrected chi connectivity index (χ2v) is 12.5. The van der Waals surface area contributed by atoms with Crippen molar-refractivity contribution in [2.24, 2.45) is 5.73 Å². The molecule has 196 valence electrons. The van der Waals surface area contributed by atoms with Crippen molar-refractivity contribution in [1.29, 1.82) is 0 Å². The molecule has 4 rings (SSSR count). The highest BCUT2D eigenvalue weighted by atomic mass is 35.5. The number of rotatable bonds is 11. The summed E-state index contributed by atoms with van der Waals surface area (Å²) in [4.78, 5) is 4.77. The van der Waals surface area contributed by atoms with Crippen LogP contribution < -0.4 is 20.1 Å². The van der Waals surface area contributed by atoms with Crippen molar-refractivity contribution in [3.63, 3.8) is 0 Å². The molecule has 1 aliphatic rings. The Hall–Kier alpha value is -2.04. The van der Waals surface area contributed by atoms with E-state index in [0.717, 1.165) is 67.2 Å². The summed E-state index contributed by atoms with van der Waals surface area (Å²) < 4.78 is 36.3. The molecule has 0 radical (unpaired) electrons. The molecule has 1 aliphatic heterocycles. The van der Waals surface area contributed by atoms with Crippen molar-refractivity contribution < 1.29 is 13.2 Å². The van der Waals surface area contributed by atoms with Crippen molar-refractivity contribution >= 4 is 54.4 Å². The number of unbranched alkanes of at least 4 members (excludes halogenated alkanes) is 3. The molecule has 7 nitrogen and oxygen atoms in total. The molecule has 36 heavy (non-hydrogen) atoms. The molecule has 0 spiro atoms. The van der Waals surface area contributed by atoms with Gasteiger partial charge in [-0.1, -0.05) is 24.4 Å². The van der Waals surface area contributed by atoms with Gasteiger partial charge in [-0.05, 0) is 80.2 Å². The highest BCUT2D eigenvalue weighted by Gasteiger charge is 2.24. The van der Waals surface area contributed by atoms with Crippen LogP contribution in [0.1, 0.15) is 31.2 Å². The summed E-state index contributed by atoms with van der Waals surface area (Å²) >= 11 is 7.39. The number of fused-ring (bicyclic) bond motifs is 1. The van der Waals surface area contributed by atoms with Crippen LogP contribution in [0.5, 0.6) is 5.75 Å². The first-order valence-electron chi connectivity index (χ1n) is 12.4. The highest BCUT2D eigenvalue weighted by Crippen LogP contribution is 2.37. The number of nitrogens with two attached hydrogens (primary N) is 1. The number of methoxy groups -OCH3 is 1. The number of hydrogen-bond acceptors (Lipinski definition) is 7. The maximum absolute atomic E-state index is 13.3. The molecule has 0 saturated carbocycles. The van der Waals surface area contributed by atoms with Crippen LogP contribution in [0, 0.1) is 6.92 Å². The summed E-state index contributed by atoms with van der Waals surface area (Å²) in [5.41, 5.74) is 7.71. The summed E-state index contributed by atoms with van der Waals surface area (Å²) in [5.74, 6) is 0.737. The maximum atomic E-state index is 13.3. The number of benzene rings is 2. The molecule has 3 N–H and O–H groups in total. The van der Waals surface area contributed by atoms with E-state index in [1.54, 1.807) is 19.2 Å². The zero-order valence-corrected chi connectivity index (χ0v) is 23.3. The van der Waals surface area contributed by atoms with Gasteiger partial charge in [0.2, 0.25) is 0 Å². The average molecular weight is 551 g/mol. The zero-order chi connectivity index (χ0) is 25.7. The van der Waals surface area contributed by atoms with Crippen molar-refractivity contribution in [3.8, 4) is 5.75 Å². The van der Waals surface area contributed by atoms with Gasteiger partial charge in [-0.2, -0.15) is 0 Å². The van der Waals surface area contributed by atoms with Crippen LogP contribution in [-0.2, 0) is 10.0 Å². The molecule has 2 aromatic carbocycles. The molecule has 3 aromatic rings. The summed E-state index contributed by atoms with van der Waals surface area (Å²) in [6, 6.07) is 10.9. The predicted molar refractivity (Wildman–Crippen MR) is 152 cm³/mol. The summed E-state index contributed by atoms with van der Waals surface area (Å²) in [7, 11) is -2.12. The Morgan fingerprint density at radius 2 is 1.81 bits per heavy atom. The monoisotopic (exact) mass is 550 g/mol. The van der Waals surface area contributed by atoms with Gasteiger partial charge >= 0.3 is 0 Å². The van der Waals surface area contributed by atoms with E-state index in [1.807, 2.05) is 31.2 Å². The average Bonchev–Trinajstić information content (AvgIpc) is 3.20. The molecule has 0 atom stereocenters. The van der Waals surface area contributed by atoms with E-state index in [-0.39, 0.29) is 0 Å². The maximum Gasteiger partial charge on any atom is 0.271 e. The fourth-order valence-electron chi connectivity index (χ4n) is 4.67. The molecule has 1 fully saturated rings. The minimum Gasteiger partial charge on any atom is -0.495 e. The van der Waals surface area contributed by atoms with Gasteiger partial charge in [-0.15, -0.1) is 11.3 Å². The standard InChI is InChI=1S/C26H35ClN4O3S2/c1-19-22-17-20(27)7-10-25(22)35-26(19)36(32,33)29-21-8-9-24(34-2)23(18-21)31-15-13-30(14-16-31)12-6-4-3-5-11-28/h7-10,17-18,29H,3-6,11-16,28H2,1-2H3. The number of nitrogens with zero attached hydrogens (tertiary/aromatic N) is 2. The summed E-state index contributed by atoms with van der Waals surface area (Å²) in [5, 5.41) is 1.45. The molecular formula is C26H35ClN4O3S2. The molecule has 1 aromatic heterocycles. The lowest BCUT2D eigenvalue weighted by Gasteiger charge is -2.36. The van der Waals surface area contributed by atoms with Gasteiger partial charge in [0.05, 0.1) is 18.5 Å². The molecule has 1 saturated heterocycles. The number of ether oxygens (including phenoxy) is 1. The number of halogens is 1. The number of thiophene rings is 1. The number of aryl methyl sites for hydroxylation is 1. The SMILES string of the molecule is COc1ccc(NS(=O)(=O)c2sc3ccc(Cl)cc3c2C)cc1N1CCN(CCCCCCN)CC1. The van der Waals surface area contributed by atoms with Crippen molar-refractivity contribution in [2.45, 2.75) is 36.8 Å². The Morgan fingerprint density at radius 3 is 2.53 bits per heavy atom. The largest absolute Gasteiger partial charge is 0.495 e. The summed E-state index contributed by atoms with van der Waals surface area (Å²) in [6.45, 7) is 7.38. The van der Waals surface area contributed by atoms with Gasteiger partial charge < -0.3 is 15.4 Å². The first-order chi connectivity index (χ1) is 17.3. The first kappa shape index (κ1) is 27.0. The van der Waals surface area contributed by atoms with Crippen LogP contribution in [0.25, 0.3) is 10.1 Å². The minimum atomic E-state index is -3.76. The van der Waals surface area contributed by atoms with Gasteiger partial charge in [0.15, 0.2) is 0 Å². The normalized spacial score (nSPS) is 14.9. The van der Waals surface area contributed by atoms with Crippen molar-refractivity contribution in [2.75, 3.05) is 56.0 Å². The fourth-order valence-corrected chi connectivity index (χ4v) is 7.64. The number of nitrogens with one attached hydrogen (secondary N) is 1. The minimum absolute atomic E-state index is 0.303. The number of anilines is 2. The Balaban J connectivity index is 1.46.